The molecule has 0 spiro atoms. The van der Waals surface area contributed by atoms with E-state index in [0.717, 1.165) is 16.3 Å². The molecule has 1 N–H and O–H groups in total. The van der Waals surface area contributed by atoms with Crippen molar-refractivity contribution in [1.82, 2.24) is 0 Å². The minimum atomic E-state index is -0.334. The van der Waals surface area contributed by atoms with Crippen molar-refractivity contribution in [1.29, 1.82) is 0 Å². The number of hydrogen-bond donors (Lipinski definition) is 1. The van der Waals surface area contributed by atoms with Gasteiger partial charge in [0.25, 0.3) is 0 Å². The molecular formula is C12H11ClN2O2S. The first-order valence-corrected chi connectivity index (χ1v) is 6.96. The highest BCUT2D eigenvalue weighted by Gasteiger charge is 2.32. The van der Waals surface area contributed by atoms with E-state index in [0.29, 0.717) is 12.4 Å². The molecule has 6 heteroatoms. The van der Waals surface area contributed by atoms with E-state index >= 15 is 0 Å². The predicted octanol–water partition coefficient (Wildman–Crippen LogP) is 3.24. The molecule has 0 unspecified atom stereocenters. The van der Waals surface area contributed by atoms with E-state index in [-0.39, 0.29) is 12.2 Å². The molecule has 94 valence electrons. The monoisotopic (exact) mass is 282 g/mol. The molecule has 2 aliphatic rings. The van der Waals surface area contributed by atoms with Crippen LogP contribution < -0.4 is 10.2 Å². The molecule has 18 heavy (non-hydrogen) atoms. The van der Waals surface area contributed by atoms with E-state index in [4.69, 9.17) is 16.3 Å². The van der Waals surface area contributed by atoms with Gasteiger partial charge in [-0.1, -0.05) is 11.8 Å². The second kappa shape index (κ2) is 4.74. The number of nitrogens with one attached hydrogen (secondary N) is 1. The van der Waals surface area contributed by atoms with Gasteiger partial charge < -0.3 is 10.1 Å². The number of fused-ring (bicyclic) bond motifs is 1. The van der Waals surface area contributed by atoms with Crippen LogP contribution in [0.4, 0.5) is 16.2 Å². The fourth-order valence-corrected chi connectivity index (χ4v) is 2.78. The third-order valence-electron chi connectivity index (χ3n) is 2.82. The van der Waals surface area contributed by atoms with Crippen LogP contribution in [0.2, 0.25) is 0 Å². The summed E-state index contributed by atoms with van der Waals surface area (Å²) in [4.78, 5) is 14.5. The Balaban J connectivity index is 1.87. The van der Waals surface area contributed by atoms with E-state index in [2.05, 4.69) is 5.32 Å². The number of hydrogen-bond acceptors (Lipinski definition) is 4. The van der Waals surface area contributed by atoms with Gasteiger partial charge >= 0.3 is 6.09 Å². The molecule has 0 aliphatic carbocycles. The van der Waals surface area contributed by atoms with Gasteiger partial charge in [-0.3, -0.25) is 4.90 Å². The van der Waals surface area contributed by atoms with Crippen molar-refractivity contribution in [3.63, 3.8) is 0 Å². The molecule has 0 aromatic heterocycles. The molecule has 2 aliphatic heterocycles. The van der Waals surface area contributed by atoms with Gasteiger partial charge in [0.15, 0.2) is 0 Å². The summed E-state index contributed by atoms with van der Waals surface area (Å²) in [6.45, 7) is 0.504. The van der Waals surface area contributed by atoms with Crippen molar-refractivity contribution < 1.29 is 9.53 Å². The number of cyclic esters (lactones) is 1. The zero-order valence-electron chi connectivity index (χ0n) is 9.43. The Bertz CT molecular complexity index is 521. The topological polar surface area (TPSA) is 41.6 Å². The van der Waals surface area contributed by atoms with Gasteiger partial charge in [0.1, 0.15) is 6.10 Å². The number of rotatable bonds is 2. The van der Waals surface area contributed by atoms with E-state index in [1.807, 2.05) is 29.8 Å². The summed E-state index contributed by atoms with van der Waals surface area (Å²) < 4.78 is 5.14. The van der Waals surface area contributed by atoms with Crippen molar-refractivity contribution in [3.8, 4) is 0 Å². The lowest BCUT2D eigenvalue weighted by Gasteiger charge is -2.17. The number of thioether (sulfide) groups is 1. The van der Waals surface area contributed by atoms with Crippen molar-refractivity contribution in [2.45, 2.75) is 11.0 Å². The fourth-order valence-electron chi connectivity index (χ4n) is 1.95. The van der Waals surface area contributed by atoms with E-state index < -0.39 is 0 Å². The average molecular weight is 283 g/mol. The highest BCUT2D eigenvalue weighted by Crippen LogP contribution is 2.35. The first-order valence-electron chi connectivity index (χ1n) is 5.54. The van der Waals surface area contributed by atoms with Crippen LogP contribution in [0.1, 0.15) is 0 Å². The molecule has 1 fully saturated rings. The highest BCUT2D eigenvalue weighted by atomic mass is 35.5. The van der Waals surface area contributed by atoms with Gasteiger partial charge in [-0.05, 0) is 23.6 Å². The summed E-state index contributed by atoms with van der Waals surface area (Å²) in [7, 11) is 0. The van der Waals surface area contributed by atoms with Crippen molar-refractivity contribution in [2.75, 3.05) is 22.6 Å². The predicted molar refractivity (Wildman–Crippen MR) is 73.4 cm³/mol. The van der Waals surface area contributed by atoms with Gasteiger partial charge in [0.05, 0.1) is 18.1 Å². The number of halogens is 1. The molecule has 1 saturated heterocycles. The minimum Gasteiger partial charge on any atom is -0.443 e. The number of carbonyl (C=O) groups is 1. The maximum Gasteiger partial charge on any atom is 0.414 e. The summed E-state index contributed by atoms with van der Waals surface area (Å²) in [5.41, 5.74) is 1.83. The van der Waals surface area contributed by atoms with Crippen LogP contribution in [0.3, 0.4) is 0 Å². The second-order valence-electron chi connectivity index (χ2n) is 4.02. The normalized spacial score (nSPS) is 21.5. The molecule has 1 aromatic carbocycles. The molecule has 0 radical (unpaired) electrons. The number of ether oxygens (including phenoxy) is 1. The Morgan fingerprint density at radius 3 is 3.22 bits per heavy atom. The summed E-state index contributed by atoms with van der Waals surface area (Å²) in [6, 6.07) is 5.86. The first-order chi connectivity index (χ1) is 8.78. The van der Waals surface area contributed by atoms with Gasteiger partial charge in [-0.2, -0.15) is 0 Å². The minimum absolute atomic E-state index is 0.225. The van der Waals surface area contributed by atoms with Gasteiger partial charge in [-0.15, -0.1) is 11.6 Å². The van der Waals surface area contributed by atoms with Crippen LogP contribution in [0.5, 0.6) is 0 Å². The van der Waals surface area contributed by atoms with Crippen LogP contribution in [0, 0.1) is 0 Å². The quantitative estimate of drug-likeness (QED) is 0.846. The fraction of sp³-hybridized carbons (Fsp3) is 0.250. The van der Waals surface area contributed by atoms with Crippen LogP contribution in [-0.2, 0) is 4.74 Å². The lowest BCUT2D eigenvalue weighted by molar-refractivity contribution is 0.151. The van der Waals surface area contributed by atoms with Crippen molar-refractivity contribution in [2.24, 2.45) is 0 Å². The van der Waals surface area contributed by atoms with Gasteiger partial charge in [0.2, 0.25) is 0 Å². The summed E-state index contributed by atoms with van der Waals surface area (Å²) in [6.07, 6.45) is 1.32. The molecule has 1 aromatic rings. The van der Waals surface area contributed by atoms with Crippen LogP contribution in [-0.4, -0.2) is 24.6 Å². The lowest BCUT2D eigenvalue weighted by atomic mass is 10.2. The van der Waals surface area contributed by atoms with E-state index in [9.17, 15) is 4.79 Å². The Labute approximate surface area is 114 Å². The number of anilines is 2. The van der Waals surface area contributed by atoms with E-state index in [1.54, 1.807) is 16.7 Å². The van der Waals surface area contributed by atoms with E-state index in [1.165, 1.54) is 0 Å². The maximum atomic E-state index is 11.7. The van der Waals surface area contributed by atoms with Gasteiger partial charge in [-0.25, -0.2) is 4.79 Å². The summed E-state index contributed by atoms with van der Waals surface area (Å²) in [5.74, 6) is 0.323. The van der Waals surface area contributed by atoms with Crippen molar-refractivity contribution in [3.05, 3.63) is 29.8 Å². The van der Waals surface area contributed by atoms with Crippen LogP contribution >= 0.6 is 23.4 Å². The molecule has 0 saturated carbocycles. The standard InChI is InChI=1S/C12H11ClN2O2S/c13-6-9-7-15(12(16)17-9)8-1-2-11-10(5-8)14-3-4-18-11/h1-5,9,14H,6-7H2/t9-/m0/s1. The van der Waals surface area contributed by atoms with Crippen LogP contribution in [0.15, 0.2) is 34.7 Å². The molecule has 3 rings (SSSR count). The number of nitrogens with zero attached hydrogens (tertiary/aromatic N) is 1. The van der Waals surface area contributed by atoms with Gasteiger partial charge in [0, 0.05) is 16.8 Å². The SMILES string of the molecule is O=C1O[C@@H](CCl)CN1c1ccc2c(c1)NC=CS2. The summed E-state index contributed by atoms with van der Waals surface area (Å²) >= 11 is 7.36. The Morgan fingerprint density at radius 2 is 2.44 bits per heavy atom. The number of amides is 1. The summed E-state index contributed by atoms with van der Waals surface area (Å²) in [5, 5.41) is 5.14. The Kier molecular flexibility index (Phi) is 3.09. The zero-order chi connectivity index (χ0) is 12.5. The number of alkyl halides is 1. The number of carbonyl (C=O) groups excluding carboxylic acids is 1. The molecule has 4 nitrogen and oxygen atoms in total. The zero-order valence-corrected chi connectivity index (χ0v) is 11.0. The molecule has 2 heterocycles. The van der Waals surface area contributed by atoms with Crippen molar-refractivity contribution >= 4 is 40.8 Å². The largest absolute Gasteiger partial charge is 0.443 e. The Hall–Kier alpha value is -1.33. The molecular weight excluding hydrogens is 272 g/mol. The average Bonchev–Trinajstić information content (AvgIpc) is 2.79. The smallest absolute Gasteiger partial charge is 0.414 e. The highest BCUT2D eigenvalue weighted by molar-refractivity contribution is 8.02. The number of benzene rings is 1. The Morgan fingerprint density at radius 1 is 1.56 bits per heavy atom. The molecule has 0 bridgehead atoms. The first kappa shape index (κ1) is 11.7. The second-order valence-corrected chi connectivity index (χ2v) is 5.27. The molecule has 1 atom stereocenters. The maximum absolute atomic E-state index is 11.7. The van der Waals surface area contributed by atoms with Crippen LogP contribution in [0.25, 0.3) is 0 Å². The third kappa shape index (κ3) is 2.04. The lowest BCUT2D eigenvalue weighted by Crippen LogP contribution is -2.24. The third-order valence-corrected chi connectivity index (χ3v) is 4.05. The molecule has 1 amide bonds.